The van der Waals surface area contributed by atoms with Gasteiger partial charge < -0.3 is 14.5 Å². The van der Waals surface area contributed by atoms with Gasteiger partial charge in [0.15, 0.2) is 0 Å². The molecule has 7 nitrogen and oxygen atoms in total. The predicted octanol–water partition coefficient (Wildman–Crippen LogP) is 3.12. The van der Waals surface area contributed by atoms with Crippen LogP contribution in [0.15, 0.2) is 47.1 Å². The number of rotatable bonds is 7. The van der Waals surface area contributed by atoms with Crippen molar-refractivity contribution in [3.05, 3.63) is 64.1 Å². The van der Waals surface area contributed by atoms with Gasteiger partial charge in [-0.15, -0.1) is 0 Å². The van der Waals surface area contributed by atoms with Crippen LogP contribution in [0.5, 0.6) is 5.75 Å². The van der Waals surface area contributed by atoms with Crippen LogP contribution in [0.1, 0.15) is 11.3 Å². The molecule has 1 aromatic heterocycles. The number of nitro benzene ring substituents is 1. The third-order valence-corrected chi connectivity index (χ3v) is 2.85. The van der Waals surface area contributed by atoms with Gasteiger partial charge >= 0.3 is 6.61 Å². The maximum Gasteiger partial charge on any atom is 0.387 e. The third-order valence-electron chi connectivity index (χ3n) is 2.85. The molecule has 1 aromatic carbocycles. The lowest BCUT2D eigenvalue weighted by Gasteiger charge is -2.07. The van der Waals surface area contributed by atoms with Crippen molar-refractivity contribution in [2.75, 3.05) is 0 Å². The Balaban J connectivity index is 2.11. The van der Waals surface area contributed by atoms with Gasteiger partial charge in [-0.3, -0.25) is 14.9 Å². The van der Waals surface area contributed by atoms with Gasteiger partial charge in [0.1, 0.15) is 11.5 Å². The highest BCUT2D eigenvalue weighted by molar-refractivity contribution is 5.92. The summed E-state index contributed by atoms with van der Waals surface area (Å²) >= 11 is 0. The van der Waals surface area contributed by atoms with Gasteiger partial charge in [-0.05, 0) is 24.3 Å². The number of ether oxygens (including phenoxy) is 1. The van der Waals surface area contributed by atoms with Gasteiger partial charge in [-0.1, -0.05) is 0 Å². The summed E-state index contributed by atoms with van der Waals surface area (Å²) in [6.45, 7) is -2.95. The van der Waals surface area contributed by atoms with E-state index in [-0.39, 0.29) is 23.5 Å². The minimum atomic E-state index is -3.09. The SMILES string of the molecule is O=C(/C=C/c1cc([N+](=O)[O-])ccc1OC(F)F)NCc1ccco1. The smallest absolute Gasteiger partial charge is 0.387 e. The molecule has 0 aliphatic rings. The normalized spacial score (nSPS) is 11.0. The molecule has 0 radical (unpaired) electrons. The number of furan rings is 1. The van der Waals surface area contributed by atoms with Gasteiger partial charge in [0.05, 0.1) is 17.7 Å². The molecule has 0 bridgehead atoms. The van der Waals surface area contributed by atoms with Crippen LogP contribution >= 0.6 is 0 Å². The summed E-state index contributed by atoms with van der Waals surface area (Å²) in [4.78, 5) is 21.8. The fraction of sp³-hybridized carbons (Fsp3) is 0.133. The summed E-state index contributed by atoms with van der Waals surface area (Å²) in [6.07, 6.45) is 3.66. The molecule has 0 saturated heterocycles. The van der Waals surface area contributed by atoms with E-state index in [4.69, 9.17) is 4.42 Å². The van der Waals surface area contributed by atoms with Crippen LogP contribution in [0.2, 0.25) is 0 Å². The second kappa shape index (κ2) is 7.86. The van der Waals surface area contributed by atoms with Crippen LogP contribution in [0.25, 0.3) is 6.08 Å². The number of halogens is 2. The van der Waals surface area contributed by atoms with Gasteiger partial charge in [0, 0.05) is 23.8 Å². The summed E-state index contributed by atoms with van der Waals surface area (Å²) in [5.74, 6) is -0.264. The lowest BCUT2D eigenvalue weighted by Crippen LogP contribution is -2.19. The quantitative estimate of drug-likeness (QED) is 0.475. The molecule has 0 spiro atoms. The minimum absolute atomic E-state index is 0.0161. The second-order valence-electron chi connectivity index (χ2n) is 4.49. The first-order valence-corrected chi connectivity index (χ1v) is 6.67. The first-order chi connectivity index (χ1) is 11.5. The van der Waals surface area contributed by atoms with Crippen molar-refractivity contribution in [1.29, 1.82) is 0 Å². The van der Waals surface area contributed by atoms with Crippen molar-refractivity contribution in [1.82, 2.24) is 5.32 Å². The number of nitrogens with zero attached hydrogens (tertiary/aromatic N) is 1. The number of amides is 1. The third kappa shape index (κ3) is 4.90. The van der Waals surface area contributed by atoms with Crippen LogP contribution in [0.4, 0.5) is 14.5 Å². The molecule has 1 amide bonds. The monoisotopic (exact) mass is 338 g/mol. The summed E-state index contributed by atoms with van der Waals surface area (Å²) in [5.41, 5.74) is -0.329. The van der Waals surface area contributed by atoms with E-state index in [0.717, 1.165) is 30.4 Å². The number of nitrogens with one attached hydrogen (secondary N) is 1. The minimum Gasteiger partial charge on any atom is -0.467 e. The van der Waals surface area contributed by atoms with Crippen LogP contribution in [0, 0.1) is 10.1 Å². The zero-order valence-corrected chi connectivity index (χ0v) is 12.1. The standard InChI is InChI=1S/C15H12F2N2O5/c16-15(17)24-13-5-4-11(19(21)22)8-10(13)3-6-14(20)18-9-12-2-1-7-23-12/h1-8,15H,9H2,(H,18,20)/b6-3+. The van der Waals surface area contributed by atoms with Gasteiger partial charge in [-0.2, -0.15) is 8.78 Å². The summed E-state index contributed by atoms with van der Waals surface area (Å²) < 4.78 is 34.0. The van der Waals surface area contributed by atoms with E-state index >= 15 is 0 Å². The fourth-order valence-corrected chi connectivity index (χ4v) is 1.79. The number of benzene rings is 1. The van der Waals surface area contributed by atoms with Gasteiger partial charge in [0.25, 0.3) is 5.69 Å². The number of nitro groups is 1. The van der Waals surface area contributed by atoms with Gasteiger partial charge in [0.2, 0.25) is 5.91 Å². The number of hydrogen-bond acceptors (Lipinski definition) is 5. The number of alkyl halides is 2. The van der Waals surface area contributed by atoms with Crippen LogP contribution in [-0.4, -0.2) is 17.4 Å². The molecule has 0 aliphatic carbocycles. The van der Waals surface area contributed by atoms with Crippen molar-refractivity contribution in [3.8, 4) is 5.75 Å². The Morgan fingerprint density at radius 2 is 2.21 bits per heavy atom. The molecular weight excluding hydrogens is 326 g/mol. The zero-order chi connectivity index (χ0) is 17.5. The number of hydrogen-bond donors (Lipinski definition) is 1. The van der Waals surface area contributed by atoms with E-state index in [1.165, 1.54) is 6.26 Å². The molecule has 1 heterocycles. The van der Waals surface area contributed by atoms with E-state index < -0.39 is 17.4 Å². The highest BCUT2D eigenvalue weighted by Gasteiger charge is 2.13. The molecule has 2 rings (SSSR count). The van der Waals surface area contributed by atoms with Crippen molar-refractivity contribution in [3.63, 3.8) is 0 Å². The summed E-state index contributed by atoms with van der Waals surface area (Å²) in [7, 11) is 0. The fourth-order valence-electron chi connectivity index (χ4n) is 1.79. The maximum absolute atomic E-state index is 12.4. The predicted molar refractivity (Wildman–Crippen MR) is 79.3 cm³/mol. The Kier molecular flexibility index (Phi) is 5.61. The van der Waals surface area contributed by atoms with Crippen molar-refractivity contribution in [2.24, 2.45) is 0 Å². The van der Waals surface area contributed by atoms with E-state index in [9.17, 15) is 23.7 Å². The molecule has 9 heteroatoms. The molecule has 0 fully saturated rings. The molecule has 126 valence electrons. The highest BCUT2D eigenvalue weighted by Crippen LogP contribution is 2.26. The molecule has 0 unspecified atom stereocenters. The van der Waals surface area contributed by atoms with Crippen molar-refractivity contribution >= 4 is 17.7 Å². The lowest BCUT2D eigenvalue weighted by molar-refractivity contribution is -0.384. The van der Waals surface area contributed by atoms with E-state index in [1.807, 2.05) is 0 Å². The van der Waals surface area contributed by atoms with Crippen molar-refractivity contribution in [2.45, 2.75) is 13.2 Å². The molecular formula is C15H12F2N2O5. The maximum atomic E-state index is 12.4. The Labute approximate surface area is 134 Å². The molecule has 2 aromatic rings. The first-order valence-electron chi connectivity index (χ1n) is 6.67. The molecule has 24 heavy (non-hydrogen) atoms. The van der Waals surface area contributed by atoms with Crippen molar-refractivity contribution < 1.29 is 27.7 Å². The second-order valence-corrected chi connectivity index (χ2v) is 4.49. The Morgan fingerprint density at radius 1 is 1.42 bits per heavy atom. The lowest BCUT2D eigenvalue weighted by atomic mass is 10.1. The molecule has 0 saturated carbocycles. The van der Waals surface area contributed by atoms with Crippen LogP contribution in [0.3, 0.4) is 0 Å². The number of non-ortho nitro benzene ring substituents is 1. The van der Waals surface area contributed by atoms with Gasteiger partial charge in [-0.25, -0.2) is 0 Å². The highest BCUT2D eigenvalue weighted by atomic mass is 19.3. The average molecular weight is 338 g/mol. The summed E-state index contributed by atoms with van der Waals surface area (Å²) in [5, 5.41) is 13.3. The average Bonchev–Trinajstić information content (AvgIpc) is 3.04. The number of carbonyl (C=O) groups excluding carboxylic acids is 1. The van der Waals surface area contributed by atoms with Crippen LogP contribution in [-0.2, 0) is 11.3 Å². The first kappa shape index (κ1) is 17.1. The zero-order valence-electron chi connectivity index (χ0n) is 12.1. The largest absolute Gasteiger partial charge is 0.467 e. The summed E-state index contributed by atoms with van der Waals surface area (Å²) in [6, 6.07) is 6.44. The number of carbonyl (C=O) groups is 1. The molecule has 1 N–H and O–H groups in total. The van der Waals surface area contributed by atoms with Crippen LogP contribution < -0.4 is 10.1 Å². The van der Waals surface area contributed by atoms with E-state index in [2.05, 4.69) is 10.1 Å². The topological polar surface area (TPSA) is 94.6 Å². The Bertz CT molecular complexity index is 744. The molecule has 0 atom stereocenters. The van der Waals surface area contributed by atoms with E-state index in [1.54, 1.807) is 12.1 Å². The Hall–Kier alpha value is -3.23. The molecule has 0 aliphatic heterocycles. The Morgan fingerprint density at radius 3 is 2.83 bits per heavy atom. The van der Waals surface area contributed by atoms with E-state index in [0.29, 0.717) is 5.76 Å².